The van der Waals surface area contributed by atoms with Gasteiger partial charge in [0.05, 0.1) is 18.6 Å². The van der Waals surface area contributed by atoms with Crippen LogP contribution in [0.1, 0.15) is 72.6 Å². The molecule has 1 aliphatic carbocycles. The molecule has 2 aliphatic rings. The molecule has 1 saturated heterocycles. The smallest absolute Gasteiger partial charge is 0.326 e. The molecule has 1 amide bonds. The summed E-state index contributed by atoms with van der Waals surface area (Å²) in [5.41, 5.74) is 5.62. The summed E-state index contributed by atoms with van der Waals surface area (Å²) in [4.78, 5) is 35.8. The van der Waals surface area contributed by atoms with E-state index in [0.717, 1.165) is 38.5 Å². The summed E-state index contributed by atoms with van der Waals surface area (Å²) < 4.78 is 4.82. The maximum atomic E-state index is 12.1. The maximum absolute atomic E-state index is 12.1. The van der Waals surface area contributed by atoms with Crippen LogP contribution in [0.3, 0.4) is 0 Å². The second-order valence-corrected chi connectivity index (χ2v) is 7.68. The van der Waals surface area contributed by atoms with Crippen LogP contribution < -0.4 is 5.73 Å². The van der Waals surface area contributed by atoms with Crippen LogP contribution in [0, 0.1) is 11.8 Å². The fraction of sp³-hybridized carbons (Fsp3) is 0.850. The summed E-state index contributed by atoms with van der Waals surface area (Å²) in [6.45, 7) is 7.91. The molecule has 0 bridgehead atoms. The molecule has 0 spiro atoms. The average Bonchev–Trinajstić information content (AvgIpc) is 3.01. The Hall–Kier alpha value is -0.930. The molecule has 7 nitrogen and oxygen atoms in total. The SMILES string of the molecule is CCC[C@H](C)C(=O)OCC.C[C@H](N)C(=O)N1[C@H](C(=O)O)C[C@@H]2CCCC[C@@H]21.S.S. The van der Waals surface area contributed by atoms with Gasteiger partial charge in [-0.3, -0.25) is 9.59 Å². The maximum Gasteiger partial charge on any atom is 0.326 e. The van der Waals surface area contributed by atoms with Crippen LogP contribution in [0.2, 0.25) is 0 Å². The van der Waals surface area contributed by atoms with Crippen molar-refractivity contribution < 1.29 is 24.2 Å². The first-order chi connectivity index (χ1) is 12.7. The highest BCUT2D eigenvalue weighted by Crippen LogP contribution is 2.39. The van der Waals surface area contributed by atoms with Gasteiger partial charge < -0.3 is 20.5 Å². The molecule has 1 saturated carbocycles. The summed E-state index contributed by atoms with van der Waals surface area (Å²) in [5.74, 6) is -0.748. The number of likely N-dealkylation sites (tertiary alicyclic amines) is 1. The van der Waals surface area contributed by atoms with E-state index in [2.05, 4.69) is 6.92 Å². The summed E-state index contributed by atoms with van der Waals surface area (Å²) in [7, 11) is 0. The molecule has 5 atom stereocenters. The third-order valence-electron chi connectivity index (χ3n) is 5.43. The van der Waals surface area contributed by atoms with Gasteiger partial charge in [0.1, 0.15) is 6.04 Å². The summed E-state index contributed by atoms with van der Waals surface area (Å²) in [5, 5.41) is 9.23. The summed E-state index contributed by atoms with van der Waals surface area (Å²) >= 11 is 0. The molecule has 0 radical (unpaired) electrons. The molecule has 0 unspecified atom stereocenters. The number of carbonyl (C=O) groups excluding carboxylic acids is 2. The zero-order valence-electron chi connectivity index (χ0n) is 18.1. The molecule has 1 aliphatic heterocycles. The number of fused-ring (bicyclic) bond motifs is 1. The highest BCUT2D eigenvalue weighted by Gasteiger charge is 2.47. The van der Waals surface area contributed by atoms with Gasteiger partial charge in [0.25, 0.3) is 0 Å². The molecule has 29 heavy (non-hydrogen) atoms. The van der Waals surface area contributed by atoms with Gasteiger partial charge >= 0.3 is 11.9 Å². The number of carboxylic acid groups (broad SMARTS) is 1. The molecule has 0 aromatic rings. The lowest BCUT2D eigenvalue weighted by Crippen LogP contribution is -2.51. The van der Waals surface area contributed by atoms with Crippen LogP contribution in [0.5, 0.6) is 0 Å². The molecule has 2 rings (SSSR count). The lowest BCUT2D eigenvalue weighted by Gasteiger charge is -2.33. The minimum atomic E-state index is -0.895. The normalized spacial score (nSPS) is 24.4. The van der Waals surface area contributed by atoms with Crippen molar-refractivity contribution in [3.63, 3.8) is 0 Å². The van der Waals surface area contributed by atoms with Crippen molar-refractivity contribution in [1.29, 1.82) is 0 Å². The van der Waals surface area contributed by atoms with Crippen LogP contribution >= 0.6 is 27.0 Å². The first-order valence-corrected chi connectivity index (χ1v) is 10.2. The van der Waals surface area contributed by atoms with Crippen molar-refractivity contribution in [3.8, 4) is 0 Å². The lowest BCUT2D eigenvalue weighted by atomic mass is 9.84. The monoisotopic (exact) mass is 452 g/mol. The zero-order chi connectivity index (χ0) is 20.6. The first kappa shape index (κ1) is 30.3. The minimum absolute atomic E-state index is 0. The third kappa shape index (κ3) is 8.76. The van der Waals surface area contributed by atoms with Crippen LogP contribution in [-0.2, 0) is 19.1 Å². The molecular weight excluding hydrogens is 412 g/mol. The predicted molar refractivity (Wildman–Crippen MR) is 124 cm³/mol. The topological polar surface area (TPSA) is 110 Å². The van der Waals surface area contributed by atoms with E-state index in [1.807, 2.05) is 13.8 Å². The Morgan fingerprint density at radius 1 is 1.14 bits per heavy atom. The van der Waals surface area contributed by atoms with Gasteiger partial charge in [-0.15, -0.1) is 0 Å². The first-order valence-electron chi connectivity index (χ1n) is 10.2. The van der Waals surface area contributed by atoms with Crippen molar-refractivity contribution >= 4 is 44.8 Å². The summed E-state index contributed by atoms with van der Waals surface area (Å²) in [6.07, 6.45) is 6.76. The molecule has 1 heterocycles. The number of nitrogens with zero attached hydrogens (tertiary/aromatic N) is 1. The number of hydrogen-bond donors (Lipinski definition) is 2. The van der Waals surface area contributed by atoms with E-state index in [1.54, 1.807) is 11.8 Å². The molecule has 0 aromatic heterocycles. The Morgan fingerprint density at radius 2 is 1.72 bits per heavy atom. The number of ether oxygens (including phenoxy) is 1. The van der Waals surface area contributed by atoms with Crippen molar-refractivity contribution in [2.75, 3.05) is 6.61 Å². The second-order valence-electron chi connectivity index (χ2n) is 7.68. The third-order valence-corrected chi connectivity index (χ3v) is 5.43. The Labute approximate surface area is 189 Å². The fourth-order valence-corrected chi connectivity index (χ4v) is 4.07. The number of carbonyl (C=O) groups is 3. The van der Waals surface area contributed by atoms with E-state index < -0.39 is 18.1 Å². The van der Waals surface area contributed by atoms with Gasteiger partial charge in [-0.05, 0) is 45.4 Å². The number of amides is 1. The minimum Gasteiger partial charge on any atom is -0.480 e. The molecule has 172 valence electrons. The van der Waals surface area contributed by atoms with E-state index >= 15 is 0 Å². The number of hydrogen-bond acceptors (Lipinski definition) is 5. The van der Waals surface area contributed by atoms with Crippen LogP contribution in [0.4, 0.5) is 0 Å². The van der Waals surface area contributed by atoms with Gasteiger partial charge in [-0.2, -0.15) is 27.0 Å². The van der Waals surface area contributed by atoms with Crippen molar-refractivity contribution in [1.82, 2.24) is 4.90 Å². The Kier molecular flexibility index (Phi) is 15.6. The molecule has 2 fully saturated rings. The lowest BCUT2D eigenvalue weighted by molar-refractivity contribution is -0.150. The number of carboxylic acids is 1. The highest BCUT2D eigenvalue weighted by atomic mass is 32.1. The van der Waals surface area contributed by atoms with Gasteiger partial charge in [0, 0.05) is 6.04 Å². The quantitative estimate of drug-likeness (QED) is 0.600. The van der Waals surface area contributed by atoms with Gasteiger partial charge in [0.15, 0.2) is 0 Å². The van der Waals surface area contributed by atoms with E-state index in [1.165, 1.54) is 0 Å². The van der Waals surface area contributed by atoms with Crippen LogP contribution in [-0.4, -0.2) is 52.6 Å². The number of esters is 1. The predicted octanol–water partition coefficient (Wildman–Crippen LogP) is 2.79. The van der Waals surface area contributed by atoms with E-state index in [4.69, 9.17) is 10.5 Å². The Balaban J connectivity index is 0. The van der Waals surface area contributed by atoms with Crippen LogP contribution in [0.25, 0.3) is 0 Å². The van der Waals surface area contributed by atoms with Crippen molar-refractivity contribution in [2.24, 2.45) is 17.6 Å². The Morgan fingerprint density at radius 3 is 2.21 bits per heavy atom. The number of aliphatic carboxylic acids is 1. The number of rotatable bonds is 6. The summed E-state index contributed by atoms with van der Waals surface area (Å²) in [6, 6.07) is -1.18. The average molecular weight is 453 g/mol. The second kappa shape index (κ2) is 15.0. The molecule has 0 aromatic carbocycles. The van der Waals surface area contributed by atoms with Crippen molar-refractivity contribution in [3.05, 3.63) is 0 Å². The largest absolute Gasteiger partial charge is 0.480 e. The fourth-order valence-electron chi connectivity index (χ4n) is 4.07. The zero-order valence-corrected chi connectivity index (χ0v) is 20.1. The van der Waals surface area contributed by atoms with E-state index in [-0.39, 0.29) is 50.8 Å². The highest BCUT2D eigenvalue weighted by molar-refractivity contribution is 7.59. The van der Waals surface area contributed by atoms with Gasteiger partial charge in [-0.25, -0.2) is 4.79 Å². The standard InChI is InChI=1S/C12H20N2O3.C8H16O2.2H2S/c1-7(13)11(15)14-9-5-3-2-4-8(9)6-10(14)12(16)17;1-4-6-7(3)8(9)10-5-2;;/h7-10H,2-6,13H2,1H3,(H,16,17);7H,4-6H2,1-3H3;2*1H2/t7-,8-,9-,10-;7-;;/m00../s1. The molecular formula is C20H40N2O5S2. The van der Waals surface area contributed by atoms with Gasteiger partial charge in [0.2, 0.25) is 5.91 Å². The van der Waals surface area contributed by atoms with Gasteiger partial charge in [-0.1, -0.05) is 33.1 Å². The van der Waals surface area contributed by atoms with Crippen LogP contribution in [0.15, 0.2) is 0 Å². The van der Waals surface area contributed by atoms with E-state index in [9.17, 15) is 19.5 Å². The molecule has 3 N–H and O–H groups in total. The Bertz CT molecular complexity index is 519. The van der Waals surface area contributed by atoms with Crippen molar-refractivity contribution in [2.45, 2.75) is 90.8 Å². The van der Waals surface area contributed by atoms with E-state index in [0.29, 0.717) is 18.9 Å². The molecule has 9 heteroatoms. The number of nitrogens with two attached hydrogens (primary N) is 1.